The normalized spacial score (nSPS) is 14.5. The number of aromatic nitrogens is 4. The zero-order valence-corrected chi connectivity index (χ0v) is 14.4. The Kier molecular flexibility index (Phi) is 3.72. The summed E-state index contributed by atoms with van der Waals surface area (Å²) in [6, 6.07) is 14.4. The Balaban J connectivity index is 1.41. The highest BCUT2D eigenvalue weighted by atomic mass is 15.1. The maximum absolute atomic E-state index is 4.81. The largest absolute Gasteiger partial charge is 0.361 e. The highest BCUT2D eigenvalue weighted by Crippen LogP contribution is 2.24. The summed E-state index contributed by atoms with van der Waals surface area (Å²) >= 11 is 0. The molecule has 0 amide bonds. The van der Waals surface area contributed by atoms with Crippen molar-refractivity contribution in [1.82, 2.24) is 24.8 Å². The minimum atomic E-state index is 0.707. The Bertz CT molecular complexity index is 1050. The second-order valence-electron chi connectivity index (χ2n) is 6.70. The average molecular weight is 341 g/mol. The van der Waals surface area contributed by atoms with Crippen LogP contribution in [0.15, 0.2) is 61.1 Å². The van der Waals surface area contributed by atoms with Crippen molar-refractivity contribution in [3.05, 3.63) is 77.9 Å². The van der Waals surface area contributed by atoms with E-state index in [0.29, 0.717) is 5.82 Å². The number of fused-ring (bicyclic) bond motifs is 2. The van der Waals surface area contributed by atoms with Crippen LogP contribution >= 0.6 is 0 Å². The Morgan fingerprint density at radius 1 is 1.04 bits per heavy atom. The third-order valence-corrected chi connectivity index (χ3v) is 5.00. The summed E-state index contributed by atoms with van der Waals surface area (Å²) in [6.07, 6.45) is 6.74. The Hall–Kier alpha value is -3.05. The first kappa shape index (κ1) is 15.2. The van der Waals surface area contributed by atoms with E-state index in [0.717, 1.165) is 37.4 Å². The van der Waals surface area contributed by atoms with Crippen LogP contribution in [0.3, 0.4) is 0 Å². The van der Waals surface area contributed by atoms with Gasteiger partial charge in [0.15, 0.2) is 5.82 Å². The first-order chi connectivity index (χ1) is 12.9. The zero-order chi connectivity index (χ0) is 17.3. The Morgan fingerprint density at radius 2 is 2.04 bits per heavy atom. The molecule has 0 aliphatic carbocycles. The van der Waals surface area contributed by atoms with Gasteiger partial charge in [0.1, 0.15) is 5.69 Å². The molecule has 128 valence electrons. The van der Waals surface area contributed by atoms with E-state index in [2.05, 4.69) is 44.1 Å². The number of hydrogen-bond acceptors (Lipinski definition) is 4. The van der Waals surface area contributed by atoms with Gasteiger partial charge in [-0.05, 0) is 41.8 Å². The van der Waals surface area contributed by atoms with E-state index in [9.17, 15) is 0 Å². The number of hydrogen-bond donors (Lipinski definition) is 1. The minimum absolute atomic E-state index is 0.707. The van der Waals surface area contributed by atoms with Crippen LogP contribution in [-0.2, 0) is 19.5 Å². The molecule has 1 aromatic carbocycles. The third-order valence-electron chi connectivity index (χ3n) is 5.00. The van der Waals surface area contributed by atoms with Crippen molar-refractivity contribution in [2.75, 3.05) is 6.54 Å². The van der Waals surface area contributed by atoms with Gasteiger partial charge in [0.2, 0.25) is 0 Å². The molecular formula is C21H19N5. The number of H-pyrrole nitrogens is 1. The van der Waals surface area contributed by atoms with Crippen molar-refractivity contribution in [3.8, 4) is 11.5 Å². The van der Waals surface area contributed by atoms with Crippen LogP contribution in [0.1, 0.15) is 16.8 Å². The van der Waals surface area contributed by atoms with Crippen LogP contribution in [0.4, 0.5) is 0 Å². The van der Waals surface area contributed by atoms with E-state index >= 15 is 0 Å². The molecule has 5 nitrogen and oxygen atoms in total. The van der Waals surface area contributed by atoms with Gasteiger partial charge >= 0.3 is 0 Å². The van der Waals surface area contributed by atoms with Crippen molar-refractivity contribution in [1.29, 1.82) is 0 Å². The van der Waals surface area contributed by atoms with Crippen LogP contribution in [0.25, 0.3) is 22.4 Å². The van der Waals surface area contributed by atoms with Crippen molar-refractivity contribution < 1.29 is 0 Å². The SMILES string of the molecule is c1ccc(-c2ncc3c(n2)CN(Cc2cccc4[nH]ccc24)CC3)nc1. The van der Waals surface area contributed by atoms with Crippen LogP contribution in [0.5, 0.6) is 0 Å². The molecule has 0 radical (unpaired) electrons. The topological polar surface area (TPSA) is 57.7 Å². The molecule has 4 aromatic rings. The predicted molar refractivity (Wildman–Crippen MR) is 101 cm³/mol. The first-order valence-electron chi connectivity index (χ1n) is 8.90. The molecule has 1 N–H and O–H groups in total. The lowest BCUT2D eigenvalue weighted by atomic mass is 10.0. The lowest BCUT2D eigenvalue weighted by molar-refractivity contribution is 0.242. The van der Waals surface area contributed by atoms with Crippen LogP contribution in [0, 0.1) is 0 Å². The lowest BCUT2D eigenvalue weighted by Gasteiger charge is -2.28. The molecular weight excluding hydrogens is 322 g/mol. The maximum atomic E-state index is 4.81. The molecule has 0 saturated heterocycles. The quantitative estimate of drug-likeness (QED) is 0.619. The summed E-state index contributed by atoms with van der Waals surface area (Å²) in [6.45, 7) is 2.80. The van der Waals surface area contributed by atoms with Crippen molar-refractivity contribution in [3.63, 3.8) is 0 Å². The summed E-state index contributed by atoms with van der Waals surface area (Å²) in [4.78, 5) is 19.4. The Labute approximate surface area is 151 Å². The van der Waals surface area contributed by atoms with Crippen molar-refractivity contribution in [2.24, 2.45) is 0 Å². The van der Waals surface area contributed by atoms with Gasteiger partial charge in [0.25, 0.3) is 0 Å². The number of pyridine rings is 1. The monoisotopic (exact) mass is 341 g/mol. The molecule has 3 aromatic heterocycles. The average Bonchev–Trinajstić information content (AvgIpc) is 3.18. The van der Waals surface area contributed by atoms with E-state index < -0.39 is 0 Å². The summed E-state index contributed by atoms with van der Waals surface area (Å²) < 4.78 is 0. The van der Waals surface area contributed by atoms with E-state index in [-0.39, 0.29) is 0 Å². The van der Waals surface area contributed by atoms with Crippen molar-refractivity contribution >= 4 is 10.9 Å². The maximum Gasteiger partial charge on any atom is 0.178 e. The third kappa shape index (κ3) is 2.76. The van der Waals surface area contributed by atoms with Crippen LogP contribution < -0.4 is 0 Å². The Morgan fingerprint density at radius 3 is 2.96 bits per heavy atom. The summed E-state index contributed by atoms with van der Waals surface area (Å²) in [7, 11) is 0. The van der Waals surface area contributed by atoms with E-state index in [4.69, 9.17) is 4.98 Å². The fourth-order valence-corrected chi connectivity index (χ4v) is 3.64. The molecule has 0 spiro atoms. The van der Waals surface area contributed by atoms with Gasteiger partial charge in [0.05, 0.1) is 5.69 Å². The number of benzene rings is 1. The lowest BCUT2D eigenvalue weighted by Crippen LogP contribution is -2.31. The first-order valence-corrected chi connectivity index (χ1v) is 8.90. The van der Waals surface area contributed by atoms with E-state index in [1.807, 2.05) is 30.6 Å². The number of aromatic amines is 1. The van der Waals surface area contributed by atoms with E-state index in [1.54, 1.807) is 6.20 Å². The molecule has 1 aliphatic heterocycles. The van der Waals surface area contributed by atoms with Crippen LogP contribution in [0.2, 0.25) is 0 Å². The standard InChI is InChI=1S/C21H19N5/c1-2-9-22-19(5-1)21-24-12-15-8-11-26(14-20(15)25-21)13-16-4-3-6-18-17(16)7-10-23-18/h1-7,9-10,12,23H,8,11,13-14H2. The second-order valence-corrected chi connectivity index (χ2v) is 6.70. The molecule has 0 bridgehead atoms. The van der Waals surface area contributed by atoms with Gasteiger partial charge in [-0.25, -0.2) is 9.97 Å². The predicted octanol–water partition coefficient (Wildman–Crippen LogP) is 3.58. The van der Waals surface area contributed by atoms with Gasteiger partial charge in [-0.15, -0.1) is 0 Å². The summed E-state index contributed by atoms with van der Waals surface area (Å²) in [5, 5.41) is 1.30. The fourth-order valence-electron chi connectivity index (χ4n) is 3.64. The summed E-state index contributed by atoms with van der Waals surface area (Å²) in [5.74, 6) is 0.707. The number of rotatable bonds is 3. The smallest absolute Gasteiger partial charge is 0.178 e. The van der Waals surface area contributed by atoms with Gasteiger partial charge in [-0.3, -0.25) is 9.88 Å². The molecule has 0 unspecified atom stereocenters. The van der Waals surface area contributed by atoms with Gasteiger partial charge in [-0.2, -0.15) is 0 Å². The summed E-state index contributed by atoms with van der Waals surface area (Å²) in [5.41, 5.74) is 5.74. The van der Waals surface area contributed by atoms with Crippen LogP contribution in [-0.4, -0.2) is 31.4 Å². The highest BCUT2D eigenvalue weighted by molar-refractivity contribution is 5.82. The fraction of sp³-hybridized carbons (Fsp3) is 0.190. The molecule has 5 rings (SSSR count). The van der Waals surface area contributed by atoms with Crippen molar-refractivity contribution in [2.45, 2.75) is 19.5 Å². The minimum Gasteiger partial charge on any atom is -0.361 e. The van der Waals surface area contributed by atoms with Gasteiger partial charge in [-0.1, -0.05) is 18.2 Å². The molecule has 0 atom stereocenters. The molecule has 26 heavy (non-hydrogen) atoms. The number of nitrogens with one attached hydrogen (secondary N) is 1. The molecule has 5 heteroatoms. The van der Waals surface area contributed by atoms with Gasteiger partial charge in [0, 0.05) is 49.1 Å². The molecule has 4 heterocycles. The molecule has 1 aliphatic rings. The highest BCUT2D eigenvalue weighted by Gasteiger charge is 2.20. The van der Waals surface area contributed by atoms with Gasteiger partial charge < -0.3 is 4.98 Å². The zero-order valence-electron chi connectivity index (χ0n) is 14.4. The molecule has 0 saturated carbocycles. The number of nitrogens with zero attached hydrogens (tertiary/aromatic N) is 4. The van der Waals surface area contributed by atoms with E-state index in [1.165, 1.54) is 22.0 Å². The second kappa shape index (κ2) is 6.35. The molecule has 0 fully saturated rings.